The Labute approximate surface area is 143 Å². The summed E-state index contributed by atoms with van der Waals surface area (Å²) in [7, 11) is 0. The largest absolute Gasteiger partial charge is 0.339 e. The molecule has 0 unspecified atom stereocenters. The van der Waals surface area contributed by atoms with E-state index in [-0.39, 0.29) is 0 Å². The molecule has 6 heteroatoms. The minimum atomic E-state index is 0.311. The lowest BCUT2D eigenvalue weighted by Gasteiger charge is -2.37. The fourth-order valence-corrected chi connectivity index (χ4v) is 4.08. The number of carbonyl (C=O) groups excluding carboxylic acids is 1. The van der Waals surface area contributed by atoms with E-state index < -0.39 is 0 Å². The molecule has 0 atom stereocenters. The first kappa shape index (κ1) is 16.9. The zero-order valence-corrected chi connectivity index (χ0v) is 14.9. The highest BCUT2D eigenvalue weighted by molar-refractivity contribution is 7.09. The normalized spacial score (nSPS) is 21.7. The molecule has 128 valence electrons. The third kappa shape index (κ3) is 4.76. The number of piperazine rings is 2. The van der Waals surface area contributed by atoms with Crippen molar-refractivity contribution in [3.05, 3.63) is 22.4 Å². The van der Waals surface area contributed by atoms with Crippen LogP contribution in [0.15, 0.2) is 17.5 Å². The van der Waals surface area contributed by atoms with Gasteiger partial charge in [-0.2, -0.15) is 0 Å². The van der Waals surface area contributed by atoms with Gasteiger partial charge < -0.3 is 9.80 Å². The van der Waals surface area contributed by atoms with Gasteiger partial charge in [0.1, 0.15) is 0 Å². The molecule has 3 rings (SSSR count). The number of nitrogens with zero attached hydrogens (tertiary/aromatic N) is 4. The molecule has 0 bridgehead atoms. The molecule has 0 aliphatic carbocycles. The Morgan fingerprint density at radius 3 is 2.26 bits per heavy atom. The molecule has 0 saturated carbocycles. The lowest BCUT2D eigenvalue weighted by molar-refractivity contribution is -0.134. The lowest BCUT2D eigenvalue weighted by atomic mass is 10.2. The second-order valence-electron chi connectivity index (χ2n) is 6.45. The third-order valence-corrected chi connectivity index (χ3v) is 5.82. The number of amides is 1. The van der Waals surface area contributed by atoms with Crippen molar-refractivity contribution in [1.29, 1.82) is 0 Å². The molecule has 2 aliphatic heterocycles. The number of thiophene rings is 1. The molecule has 2 fully saturated rings. The van der Waals surface area contributed by atoms with Crippen molar-refractivity contribution in [2.45, 2.75) is 13.5 Å². The fourth-order valence-electron chi connectivity index (χ4n) is 3.33. The van der Waals surface area contributed by atoms with Gasteiger partial charge in [0.05, 0.1) is 6.54 Å². The summed E-state index contributed by atoms with van der Waals surface area (Å²) in [4.78, 5) is 23.2. The number of hydrogen-bond donors (Lipinski definition) is 0. The van der Waals surface area contributed by atoms with Crippen LogP contribution in [0, 0.1) is 0 Å². The maximum absolute atomic E-state index is 12.5. The molecule has 1 amide bonds. The van der Waals surface area contributed by atoms with Crippen LogP contribution in [0.5, 0.6) is 0 Å². The van der Waals surface area contributed by atoms with E-state index in [0.29, 0.717) is 12.5 Å². The second kappa shape index (κ2) is 8.24. The molecule has 3 heterocycles. The summed E-state index contributed by atoms with van der Waals surface area (Å²) in [5.41, 5.74) is 0. The highest BCUT2D eigenvalue weighted by Crippen LogP contribution is 2.14. The second-order valence-corrected chi connectivity index (χ2v) is 7.48. The van der Waals surface area contributed by atoms with Gasteiger partial charge in [-0.05, 0) is 18.0 Å². The predicted molar refractivity (Wildman–Crippen MR) is 94.7 cm³/mol. The zero-order chi connectivity index (χ0) is 16.1. The van der Waals surface area contributed by atoms with Crippen molar-refractivity contribution in [1.82, 2.24) is 19.6 Å². The molecule has 5 nitrogen and oxygen atoms in total. The topological polar surface area (TPSA) is 30.0 Å². The maximum atomic E-state index is 12.5. The van der Waals surface area contributed by atoms with E-state index in [1.807, 2.05) is 11.3 Å². The van der Waals surface area contributed by atoms with Crippen LogP contribution in [-0.2, 0) is 11.3 Å². The quantitative estimate of drug-likeness (QED) is 0.803. The van der Waals surface area contributed by atoms with Crippen LogP contribution >= 0.6 is 11.3 Å². The van der Waals surface area contributed by atoms with Gasteiger partial charge in [-0.25, -0.2) is 0 Å². The standard InChI is InChI=1S/C17H28N4OS/c1-2-18-5-7-20(8-6-18)15-17(22)21-11-9-19(10-12-21)14-16-4-3-13-23-16/h3-4,13H,2,5-12,14-15H2,1H3. The molecular formula is C17H28N4OS. The van der Waals surface area contributed by atoms with E-state index in [0.717, 1.165) is 65.4 Å². The molecule has 0 spiro atoms. The third-order valence-electron chi connectivity index (χ3n) is 4.96. The number of likely N-dealkylation sites (N-methyl/N-ethyl adjacent to an activating group) is 1. The summed E-state index contributed by atoms with van der Waals surface area (Å²) in [5, 5.41) is 2.13. The van der Waals surface area contributed by atoms with E-state index in [4.69, 9.17) is 0 Å². The molecule has 2 aliphatic rings. The van der Waals surface area contributed by atoms with Gasteiger partial charge in [0.15, 0.2) is 0 Å². The Kier molecular flexibility index (Phi) is 6.05. The first-order valence-corrected chi connectivity index (χ1v) is 9.60. The summed E-state index contributed by atoms with van der Waals surface area (Å²) in [5.74, 6) is 0.311. The van der Waals surface area contributed by atoms with E-state index in [2.05, 4.69) is 44.0 Å². The summed E-state index contributed by atoms with van der Waals surface area (Å²) in [6.45, 7) is 12.9. The van der Waals surface area contributed by atoms with Crippen LogP contribution < -0.4 is 0 Å². The van der Waals surface area contributed by atoms with Gasteiger partial charge in [-0.1, -0.05) is 13.0 Å². The summed E-state index contributed by atoms with van der Waals surface area (Å²) in [6.07, 6.45) is 0. The SMILES string of the molecule is CCN1CCN(CC(=O)N2CCN(Cc3cccs3)CC2)CC1. The lowest BCUT2D eigenvalue weighted by Crippen LogP contribution is -2.53. The van der Waals surface area contributed by atoms with Crippen LogP contribution in [0.3, 0.4) is 0 Å². The van der Waals surface area contributed by atoms with Crippen LogP contribution in [-0.4, -0.2) is 91.0 Å². The Hall–Kier alpha value is -0.950. The molecule has 0 aromatic carbocycles. The van der Waals surface area contributed by atoms with Crippen LogP contribution in [0.25, 0.3) is 0 Å². The Bertz CT molecular complexity index is 477. The fraction of sp³-hybridized carbons (Fsp3) is 0.706. The first-order valence-electron chi connectivity index (χ1n) is 8.72. The number of hydrogen-bond acceptors (Lipinski definition) is 5. The molecule has 23 heavy (non-hydrogen) atoms. The van der Waals surface area contributed by atoms with Gasteiger partial charge in [0.25, 0.3) is 0 Å². The molecule has 1 aromatic heterocycles. The van der Waals surface area contributed by atoms with Crippen molar-refractivity contribution in [3.63, 3.8) is 0 Å². The van der Waals surface area contributed by atoms with Gasteiger partial charge in [0.2, 0.25) is 5.91 Å². The smallest absolute Gasteiger partial charge is 0.236 e. The van der Waals surface area contributed by atoms with E-state index in [1.54, 1.807) is 0 Å². The molecule has 0 N–H and O–H groups in total. The highest BCUT2D eigenvalue weighted by atomic mass is 32.1. The molecule has 0 radical (unpaired) electrons. The van der Waals surface area contributed by atoms with Crippen molar-refractivity contribution in [3.8, 4) is 0 Å². The predicted octanol–water partition coefficient (Wildman–Crippen LogP) is 1.03. The van der Waals surface area contributed by atoms with E-state index in [1.165, 1.54) is 4.88 Å². The maximum Gasteiger partial charge on any atom is 0.236 e. The van der Waals surface area contributed by atoms with Crippen molar-refractivity contribution in [2.24, 2.45) is 0 Å². The summed E-state index contributed by atoms with van der Waals surface area (Å²) in [6, 6.07) is 4.30. The van der Waals surface area contributed by atoms with Gasteiger partial charge in [-0.15, -0.1) is 11.3 Å². The van der Waals surface area contributed by atoms with E-state index >= 15 is 0 Å². The van der Waals surface area contributed by atoms with Gasteiger partial charge in [-0.3, -0.25) is 14.6 Å². The minimum absolute atomic E-state index is 0.311. The minimum Gasteiger partial charge on any atom is -0.339 e. The molecule has 1 aromatic rings. The average Bonchev–Trinajstić information content (AvgIpc) is 3.09. The van der Waals surface area contributed by atoms with Crippen molar-refractivity contribution >= 4 is 17.2 Å². The van der Waals surface area contributed by atoms with Crippen molar-refractivity contribution in [2.75, 3.05) is 65.4 Å². The van der Waals surface area contributed by atoms with Gasteiger partial charge >= 0.3 is 0 Å². The summed E-state index contributed by atoms with van der Waals surface area (Å²) >= 11 is 1.82. The Morgan fingerprint density at radius 2 is 1.65 bits per heavy atom. The Morgan fingerprint density at radius 1 is 1.00 bits per heavy atom. The van der Waals surface area contributed by atoms with Crippen LogP contribution in [0.4, 0.5) is 0 Å². The first-order chi connectivity index (χ1) is 11.2. The number of carbonyl (C=O) groups is 1. The van der Waals surface area contributed by atoms with Crippen LogP contribution in [0.2, 0.25) is 0 Å². The highest BCUT2D eigenvalue weighted by Gasteiger charge is 2.24. The van der Waals surface area contributed by atoms with Gasteiger partial charge in [0, 0.05) is 63.8 Å². The van der Waals surface area contributed by atoms with E-state index in [9.17, 15) is 4.79 Å². The Balaban J connectivity index is 1.38. The molecule has 2 saturated heterocycles. The average molecular weight is 337 g/mol. The monoisotopic (exact) mass is 336 g/mol. The number of rotatable bonds is 5. The van der Waals surface area contributed by atoms with Crippen LogP contribution in [0.1, 0.15) is 11.8 Å². The zero-order valence-electron chi connectivity index (χ0n) is 14.1. The molecular weight excluding hydrogens is 308 g/mol. The van der Waals surface area contributed by atoms with Crippen molar-refractivity contribution < 1.29 is 4.79 Å². The summed E-state index contributed by atoms with van der Waals surface area (Å²) < 4.78 is 0.